The van der Waals surface area contributed by atoms with E-state index in [1.165, 1.54) is 38.4 Å². The number of ketones is 2. The maximum atomic E-state index is 12.6. The average Bonchev–Trinajstić information content (AvgIpc) is 3.60. The molecule has 0 saturated heterocycles. The minimum absolute atomic E-state index is 0.0413. The van der Waals surface area contributed by atoms with E-state index in [0.29, 0.717) is 42.1 Å². The summed E-state index contributed by atoms with van der Waals surface area (Å²) in [7, 11) is 1.46. The zero-order valence-electron chi connectivity index (χ0n) is 23.8. The van der Waals surface area contributed by atoms with Crippen molar-refractivity contribution in [3.8, 4) is 23.0 Å². The van der Waals surface area contributed by atoms with E-state index in [0.717, 1.165) is 11.3 Å². The first-order valence-electron chi connectivity index (χ1n) is 13.3. The van der Waals surface area contributed by atoms with Gasteiger partial charge in [0.2, 0.25) is 0 Å². The van der Waals surface area contributed by atoms with Crippen molar-refractivity contribution in [1.29, 1.82) is 0 Å². The highest BCUT2D eigenvalue weighted by atomic mass is 35.5. The van der Waals surface area contributed by atoms with Crippen LogP contribution in [-0.2, 0) is 9.59 Å². The molecule has 4 aromatic rings. The molecule has 0 aliphatic heterocycles. The number of hydrogen-bond acceptors (Lipinski definition) is 10. The van der Waals surface area contributed by atoms with Gasteiger partial charge in [0.25, 0.3) is 0 Å². The van der Waals surface area contributed by atoms with Gasteiger partial charge in [-0.3, -0.25) is 19.2 Å². The quantitative estimate of drug-likeness (QED) is 0.0843. The lowest BCUT2D eigenvalue weighted by Gasteiger charge is -2.14. The molecular weight excluding hydrogens is 655 g/mol. The Hall–Kier alpha value is -3.58. The standard InChI is InChI=1S/C30H28Cl2O10S2/c1-13(29(36)37)7-17(33)23-9-15-21(43-23)11-19(35)27(25(15)31)41-5-4-6-42-28-20(40-3)12-22-16(26(28)32)10-24(44-22)18(34)8-14(2)30(38)39/h9-14,35H,4-8H2,1-3H3,(H,36,37)(H,38,39)/t13-,14-/m0/s1. The minimum Gasteiger partial charge on any atom is -0.504 e. The lowest BCUT2D eigenvalue weighted by molar-refractivity contribution is -0.141. The van der Waals surface area contributed by atoms with Gasteiger partial charge in [-0.25, -0.2) is 0 Å². The summed E-state index contributed by atoms with van der Waals surface area (Å²) in [6.07, 6.45) is 0.0609. The molecule has 0 fully saturated rings. The molecule has 0 aliphatic rings. The third-order valence-corrected chi connectivity index (χ3v) is 9.75. The van der Waals surface area contributed by atoms with E-state index in [4.69, 9.17) is 47.6 Å². The van der Waals surface area contributed by atoms with E-state index < -0.39 is 23.8 Å². The Morgan fingerprint density at radius 3 is 1.70 bits per heavy atom. The van der Waals surface area contributed by atoms with Crippen molar-refractivity contribution >= 4 is 89.6 Å². The number of Topliss-reactive ketones (excluding diaryl/α,β-unsaturated/α-hetero) is 2. The van der Waals surface area contributed by atoms with Crippen molar-refractivity contribution in [3.63, 3.8) is 0 Å². The lowest BCUT2D eigenvalue weighted by Crippen LogP contribution is -2.13. The molecule has 14 heteroatoms. The van der Waals surface area contributed by atoms with Crippen LogP contribution in [0.3, 0.4) is 0 Å². The second kappa shape index (κ2) is 14.0. The van der Waals surface area contributed by atoms with Crippen LogP contribution in [0.5, 0.6) is 23.0 Å². The summed E-state index contributed by atoms with van der Waals surface area (Å²) in [6.45, 7) is 3.18. The number of carboxylic acids is 2. The third-order valence-electron chi connectivity index (χ3n) is 6.76. The van der Waals surface area contributed by atoms with Crippen LogP contribution in [0.2, 0.25) is 10.0 Å². The number of carbonyl (C=O) groups is 4. The molecule has 0 spiro atoms. The van der Waals surface area contributed by atoms with Crippen molar-refractivity contribution in [2.24, 2.45) is 11.8 Å². The number of thiophene rings is 2. The van der Waals surface area contributed by atoms with Crippen molar-refractivity contribution < 1.29 is 48.7 Å². The molecule has 0 aliphatic carbocycles. The summed E-state index contributed by atoms with van der Waals surface area (Å²) in [5.74, 6) is -3.93. The normalized spacial score (nSPS) is 12.7. The van der Waals surface area contributed by atoms with Gasteiger partial charge in [0.15, 0.2) is 34.6 Å². The van der Waals surface area contributed by atoms with Crippen LogP contribution in [-0.4, -0.2) is 59.1 Å². The van der Waals surface area contributed by atoms with E-state index in [1.807, 2.05) is 0 Å². The van der Waals surface area contributed by atoms with Crippen LogP contribution in [0.4, 0.5) is 0 Å². The molecule has 0 bridgehead atoms. The van der Waals surface area contributed by atoms with Gasteiger partial charge in [-0.15, -0.1) is 22.7 Å². The molecule has 44 heavy (non-hydrogen) atoms. The van der Waals surface area contributed by atoms with E-state index in [-0.39, 0.29) is 64.9 Å². The Morgan fingerprint density at radius 2 is 1.23 bits per heavy atom. The van der Waals surface area contributed by atoms with Crippen LogP contribution < -0.4 is 14.2 Å². The summed E-state index contributed by atoms with van der Waals surface area (Å²) >= 11 is 15.4. The zero-order chi connectivity index (χ0) is 32.3. The van der Waals surface area contributed by atoms with Gasteiger partial charge in [0.05, 0.1) is 52.0 Å². The molecule has 234 valence electrons. The molecule has 3 N–H and O–H groups in total. The van der Waals surface area contributed by atoms with Crippen molar-refractivity contribution in [1.82, 2.24) is 0 Å². The summed E-state index contributed by atoms with van der Waals surface area (Å²) < 4.78 is 18.4. The molecule has 0 saturated carbocycles. The number of benzene rings is 2. The summed E-state index contributed by atoms with van der Waals surface area (Å²) in [5.41, 5.74) is 0. The number of ether oxygens (including phenoxy) is 3. The number of aromatic hydroxyl groups is 1. The smallest absolute Gasteiger partial charge is 0.306 e. The molecule has 2 aromatic carbocycles. The zero-order valence-corrected chi connectivity index (χ0v) is 26.9. The van der Waals surface area contributed by atoms with Crippen LogP contribution in [0.15, 0.2) is 24.3 Å². The molecular formula is C30H28Cl2O10S2. The van der Waals surface area contributed by atoms with E-state index in [1.54, 1.807) is 18.2 Å². The predicted molar refractivity (Wildman–Crippen MR) is 169 cm³/mol. The highest BCUT2D eigenvalue weighted by molar-refractivity contribution is 7.21. The van der Waals surface area contributed by atoms with Gasteiger partial charge < -0.3 is 29.5 Å². The topological polar surface area (TPSA) is 157 Å². The maximum absolute atomic E-state index is 12.6. The number of halogens is 2. The number of phenolic OH excluding ortho intramolecular Hbond substituents is 1. The van der Waals surface area contributed by atoms with Crippen LogP contribution in [0.25, 0.3) is 20.2 Å². The Labute approximate surface area is 269 Å². The number of rotatable bonds is 15. The molecule has 0 amide bonds. The van der Waals surface area contributed by atoms with E-state index in [2.05, 4.69) is 0 Å². The monoisotopic (exact) mass is 682 g/mol. The molecule has 10 nitrogen and oxygen atoms in total. The van der Waals surface area contributed by atoms with Crippen LogP contribution in [0.1, 0.15) is 52.5 Å². The van der Waals surface area contributed by atoms with Gasteiger partial charge in [0, 0.05) is 51.6 Å². The maximum Gasteiger partial charge on any atom is 0.306 e. The number of hydrogen-bond donors (Lipinski definition) is 3. The Morgan fingerprint density at radius 1 is 0.773 bits per heavy atom. The van der Waals surface area contributed by atoms with Gasteiger partial charge in [0.1, 0.15) is 0 Å². The molecule has 0 radical (unpaired) electrons. The SMILES string of the molecule is COc1cc2sc(C(=O)C[C@H](C)C(=O)O)cc2c(Cl)c1OCCCOc1c(O)cc2sc(C(=O)C[C@H](C)C(=O)O)cc2c1Cl. The van der Waals surface area contributed by atoms with Crippen molar-refractivity contribution in [2.45, 2.75) is 33.1 Å². The van der Waals surface area contributed by atoms with Gasteiger partial charge in [-0.1, -0.05) is 37.0 Å². The first kappa shape index (κ1) is 33.3. The van der Waals surface area contributed by atoms with Crippen LogP contribution in [0, 0.1) is 11.8 Å². The highest BCUT2D eigenvalue weighted by Crippen LogP contribution is 2.45. The number of phenols is 1. The predicted octanol–water partition coefficient (Wildman–Crippen LogP) is 7.57. The summed E-state index contributed by atoms with van der Waals surface area (Å²) in [4.78, 5) is 48.1. The number of fused-ring (bicyclic) bond motifs is 2. The molecule has 2 aromatic heterocycles. The van der Waals surface area contributed by atoms with E-state index in [9.17, 15) is 24.3 Å². The first-order valence-corrected chi connectivity index (χ1v) is 15.7. The fraction of sp³-hybridized carbons (Fsp3) is 0.333. The summed E-state index contributed by atoms with van der Waals surface area (Å²) in [6, 6.07) is 6.32. The number of carbonyl (C=O) groups excluding carboxylic acids is 2. The average molecular weight is 684 g/mol. The third kappa shape index (κ3) is 7.20. The summed E-state index contributed by atoms with van der Waals surface area (Å²) in [5, 5.41) is 30.2. The highest BCUT2D eigenvalue weighted by Gasteiger charge is 2.23. The Bertz CT molecular complexity index is 1760. The van der Waals surface area contributed by atoms with Crippen molar-refractivity contribution in [3.05, 3.63) is 44.1 Å². The number of aliphatic carboxylic acids is 2. The Kier molecular flexibility index (Phi) is 10.6. The van der Waals surface area contributed by atoms with Gasteiger partial charge >= 0.3 is 11.9 Å². The second-order valence-corrected chi connectivity index (χ2v) is 13.0. The number of methoxy groups -OCH3 is 1. The second-order valence-electron chi connectivity index (χ2n) is 10.1. The van der Waals surface area contributed by atoms with Gasteiger partial charge in [-0.2, -0.15) is 0 Å². The molecule has 4 rings (SSSR count). The molecule has 2 atom stereocenters. The lowest BCUT2D eigenvalue weighted by atomic mass is 10.0. The fourth-order valence-electron chi connectivity index (χ4n) is 4.24. The molecule has 2 heterocycles. The molecule has 0 unspecified atom stereocenters. The minimum atomic E-state index is -1.06. The number of carboxylic acid groups (broad SMARTS) is 2. The first-order chi connectivity index (χ1) is 20.8. The Balaban J connectivity index is 1.42. The largest absolute Gasteiger partial charge is 0.504 e. The van der Waals surface area contributed by atoms with Crippen LogP contribution >= 0.6 is 45.9 Å². The van der Waals surface area contributed by atoms with Crippen molar-refractivity contribution in [2.75, 3.05) is 20.3 Å². The fourth-order valence-corrected chi connectivity index (χ4v) is 7.07. The van der Waals surface area contributed by atoms with E-state index >= 15 is 0 Å². The van der Waals surface area contributed by atoms with Gasteiger partial charge in [-0.05, 0) is 12.1 Å².